The van der Waals surface area contributed by atoms with Crippen LogP contribution in [0.2, 0.25) is 10.0 Å². The third kappa shape index (κ3) is 4.07. The van der Waals surface area contributed by atoms with Gasteiger partial charge >= 0.3 is 0 Å². The third-order valence-corrected chi connectivity index (χ3v) is 6.01. The molecule has 0 atom stereocenters. The number of nitrogens with one attached hydrogen (secondary N) is 1. The van der Waals surface area contributed by atoms with Crippen molar-refractivity contribution in [1.82, 2.24) is 14.5 Å². The number of fused-ring (bicyclic) bond motifs is 2. The summed E-state index contributed by atoms with van der Waals surface area (Å²) < 4.78 is 1.73. The molecule has 1 N–H and O–H groups in total. The van der Waals surface area contributed by atoms with Crippen LogP contribution in [-0.4, -0.2) is 14.5 Å². The van der Waals surface area contributed by atoms with Crippen molar-refractivity contribution in [3.63, 3.8) is 0 Å². The standard InChI is InChI=1S/C26H19Cl2N3O/c27-19-8-5-17(6-9-19)7-12-25-30-24-15-20(28)10-11-22(24)26(32)31(25)14-13-18-16-29-23-4-2-1-3-21(18)23/h1-12,15-16,29H,13-14H2/b12-7+. The van der Waals surface area contributed by atoms with Crippen molar-refractivity contribution in [3.05, 3.63) is 110 Å². The van der Waals surface area contributed by atoms with Gasteiger partial charge in [-0.2, -0.15) is 0 Å². The van der Waals surface area contributed by atoms with Crippen molar-refractivity contribution in [2.75, 3.05) is 0 Å². The van der Waals surface area contributed by atoms with E-state index in [1.54, 1.807) is 22.8 Å². The Morgan fingerprint density at radius 2 is 1.69 bits per heavy atom. The van der Waals surface area contributed by atoms with E-state index in [0.717, 1.165) is 16.6 Å². The van der Waals surface area contributed by atoms with Crippen LogP contribution in [0, 0.1) is 0 Å². The SMILES string of the molecule is O=c1c2ccc(Cl)cc2nc(/C=C/c2ccc(Cl)cc2)n1CCc1c[nH]c2ccccc12. The van der Waals surface area contributed by atoms with E-state index < -0.39 is 0 Å². The van der Waals surface area contributed by atoms with Gasteiger partial charge in [-0.3, -0.25) is 9.36 Å². The Labute approximate surface area is 194 Å². The van der Waals surface area contributed by atoms with Crippen LogP contribution in [0.25, 0.3) is 34.0 Å². The number of halogens is 2. The van der Waals surface area contributed by atoms with Crippen molar-refractivity contribution in [3.8, 4) is 0 Å². The Hall–Kier alpha value is -3.34. The molecule has 0 aliphatic carbocycles. The van der Waals surface area contributed by atoms with Crippen LogP contribution in [0.3, 0.4) is 0 Å². The molecule has 2 aromatic heterocycles. The lowest BCUT2D eigenvalue weighted by molar-refractivity contribution is 0.657. The van der Waals surface area contributed by atoms with Crippen LogP contribution in [0.1, 0.15) is 17.0 Å². The molecule has 0 radical (unpaired) electrons. The maximum absolute atomic E-state index is 13.4. The Kier molecular flexibility index (Phi) is 5.56. The first kappa shape index (κ1) is 20.6. The highest BCUT2D eigenvalue weighted by molar-refractivity contribution is 6.31. The lowest BCUT2D eigenvalue weighted by atomic mass is 10.1. The van der Waals surface area contributed by atoms with Gasteiger partial charge in [-0.05, 0) is 60.0 Å². The zero-order valence-electron chi connectivity index (χ0n) is 17.1. The number of aromatic amines is 1. The average Bonchev–Trinajstić information content (AvgIpc) is 3.21. The normalized spacial score (nSPS) is 11.7. The van der Waals surface area contributed by atoms with Crippen LogP contribution >= 0.6 is 23.2 Å². The number of hydrogen-bond donors (Lipinski definition) is 1. The van der Waals surface area contributed by atoms with Gasteiger partial charge in [0.25, 0.3) is 5.56 Å². The molecule has 5 rings (SSSR count). The largest absolute Gasteiger partial charge is 0.361 e. The van der Waals surface area contributed by atoms with E-state index in [1.807, 2.05) is 60.8 Å². The second kappa shape index (κ2) is 8.65. The molecule has 158 valence electrons. The molecule has 0 amide bonds. The first-order valence-corrected chi connectivity index (χ1v) is 11.0. The van der Waals surface area contributed by atoms with Gasteiger partial charge < -0.3 is 4.98 Å². The monoisotopic (exact) mass is 459 g/mol. The van der Waals surface area contributed by atoms with E-state index >= 15 is 0 Å². The minimum Gasteiger partial charge on any atom is -0.361 e. The fourth-order valence-electron chi connectivity index (χ4n) is 3.87. The molecule has 2 heterocycles. The molecule has 3 aromatic carbocycles. The van der Waals surface area contributed by atoms with E-state index in [-0.39, 0.29) is 5.56 Å². The molecule has 32 heavy (non-hydrogen) atoms. The lowest BCUT2D eigenvalue weighted by Crippen LogP contribution is -2.25. The van der Waals surface area contributed by atoms with Crippen LogP contribution in [-0.2, 0) is 13.0 Å². The maximum Gasteiger partial charge on any atom is 0.261 e. The molecule has 0 spiro atoms. The minimum absolute atomic E-state index is 0.0812. The summed E-state index contributed by atoms with van der Waals surface area (Å²) in [7, 11) is 0. The van der Waals surface area contributed by atoms with Gasteiger partial charge in [0.15, 0.2) is 0 Å². The second-order valence-electron chi connectivity index (χ2n) is 7.58. The number of rotatable bonds is 5. The van der Waals surface area contributed by atoms with Crippen molar-refractivity contribution in [1.29, 1.82) is 0 Å². The minimum atomic E-state index is -0.0812. The summed E-state index contributed by atoms with van der Waals surface area (Å²) in [5, 5.41) is 2.95. The summed E-state index contributed by atoms with van der Waals surface area (Å²) in [5.41, 5.74) is 3.72. The molecule has 0 aliphatic heterocycles. The average molecular weight is 460 g/mol. The first-order valence-electron chi connectivity index (χ1n) is 10.3. The molecule has 0 saturated heterocycles. The summed E-state index contributed by atoms with van der Waals surface area (Å²) >= 11 is 12.1. The second-order valence-corrected chi connectivity index (χ2v) is 8.46. The molecule has 0 unspecified atom stereocenters. The number of hydrogen-bond acceptors (Lipinski definition) is 2. The molecule has 0 bridgehead atoms. The number of H-pyrrole nitrogens is 1. The van der Waals surface area contributed by atoms with Gasteiger partial charge in [0.2, 0.25) is 0 Å². The van der Waals surface area contributed by atoms with Crippen LogP contribution in [0.15, 0.2) is 77.7 Å². The summed E-state index contributed by atoms with van der Waals surface area (Å²) in [6.45, 7) is 0.506. The molecule has 0 fully saturated rings. The highest BCUT2D eigenvalue weighted by Crippen LogP contribution is 2.20. The predicted molar refractivity (Wildman–Crippen MR) is 133 cm³/mol. The topological polar surface area (TPSA) is 50.7 Å². The van der Waals surface area contributed by atoms with Gasteiger partial charge in [-0.25, -0.2) is 4.98 Å². The Bertz CT molecular complexity index is 1510. The van der Waals surface area contributed by atoms with Crippen molar-refractivity contribution in [2.45, 2.75) is 13.0 Å². The van der Waals surface area contributed by atoms with Gasteiger partial charge in [0.1, 0.15) is 5.82 Å². The highest BCUT2D eigenvalue weighted by Gasteiger charge is 2.11. The highest BCUT2D eigenvalue weighted by atomic mass is 35.5. The first-order chi connectivity index (χ1) is 15.6. The quantitative estimate of drug-likeness (QED) is 0.321. The van der Waals surface area contributed by atoms with E-state index in [2.05, 4.69) is 11.1 Å². The number of aryl methyl sites for hydroxylation is 1. The predicted octanol–water partition coefficient (Wildman–Crippen LogP) is 6.60. The fourth-order valence-corrected chi connectivity index (χ4v) is 4.16. The molecule has 4 nitrogen and oxygen atoms in total. The molecular weight excluding hydrogens is 441 g/mol. The zero-order valence-corrected chi connectivity index (χ0v) is 18.6. The Morgan fingerprint density at radius 1 is 0.906 bits per heavy atom. The lowest BCUT2D eigenvalue weighted by Gasteiger charge is -2.11. The van der Waals surface area contributed by atoms with E-state index in [9.17, 15) is 4.79 Å². The summed E-state index contributed by atoms with van der Waals surface area (Å²) in [4.78, 5) is 21.4. The van der Waals surface area contributed by atoms with Gasteiger partial charge in [0, 0.05) is 33.7 Å². The van der Waals surface area contributed by atoms with Crippen LogP contribution in [0.5, 0.6) is 0 Å². The van der Waals surface area contributed by atoms with Crippen molar-refractivity contribution >= 4 is 57.2 Å². The maximum atomic E-state index is 13.4. The van der Waals surface area contributed by atoms with E-state index in [1.165, 1.54) is 5.39 Å². The van der Waals surface area contributed by atoms with Crippen LogP contribution in [0.4, 0.5) is 0 Å². The Balaban J connectivity index is 1.56. The Morgan fingerprint density at radius 3 is 2.53 bits per heavy atom. The van der Waals surface area contributed by atoms with Crippen molar-refractivity contribution < 1.29 is 0 Å². The van der Waals surface area contributed by atoms with Gasteiger partial charge in [-0.15, -0.1) is 0 Å². The smallest absolute Gasteiger partial charge is 0.261 e. The molecule has 6 heteroatoms. The summed E-state index contributed by atoms with van der Waals surface area (Å²) in [6, 6.07) is 20.9. The number of nitrogens with zero attached hydrogens (tertiary/aromatic N) is 2. The molecular formula is C26H19Cl2N3O. The number of aromatic nitrogens is 3. The number of benzene rings is 3. The summed E-state index contributed by atoms with van der Waals surface area (Å²) in [6.07, 6.45) is 6.50. The van der Waals surface area contributed by atoms with Gasteiger partial charge in [0.05, 0.1) is 10.9 Å². The van der Waals surface area contributed by atoms with Crippen LogP contribution < -0.4 is 5.56 Å². The van der Waals surface area contributed by atoms with Gasteiger partial charge in [-0.1, -0.05) is 59.6 Å². The zero-order chi connectivity index (χ0) is 22.1. The number of para-hydroxylation sites is 1. The molecule has 0 saturated carbocycles. The molecule has 5 aromatic rings. The molecule has 0 aliphatic rings. The van der Waals surface area contributed by atoms with Crippen molar-refractivity contribution in [2.24, 2.45) is 0 Å². The fraction of sp³-hybridized carbons (Fsp3) is 0.0769. The van der Waals surface area contributed by atoms with E-state index in [0.29, 0.717) is 39.7 Å². The van der Waals surface area contributed by atoms with E-state index in [4.69, 9.17) is 28.2 Å². The summed E-state index contributed by atoms with van der Waals surface area (Å²) in [5.74, 6) is 0.583. The third-order valence-electron chi connectivity index (χ3n) is 5.52.